The van der Waals surface area contributed by atoms with Gasteiger partial charge in [0, 0.05) is 11.1 Å². The molecule has 1 aliphatic carbocycles. The molecule has 0 bridgehead atoms. The number of urea groups is 1. The van der Waals surface area contributed by atoms with Gasteiger partial charge in [-0.3, -0.25) is 0 Å². The van der Waals surface area contributed by atoms with Gasteiger partial charge >= 0.3 is 12.2 Å². The molecule has 0 saturated heterocycles. The minimum Gasteiger partial charge on any atom is -0.496 e. The third-order valence-corrected chi connectivity index (χ3v) is 5.85. The van der Waals surface area contributed by atoms with Gasteiger partial charge in [0.05, 0.1) is 25.9 Å². The van der Waals surface area contributed by atoms with Crippen molar-refractivity contribution < 1.29 is 37.7 Å². The van der Waals surface area contributed by atoms with E-state index in [9.17, 15) is 28.2 Å². The average molecular weight is 482 g/mol. The fourth-order valence-corrected chi connectivity index (χ4v) is 4.07. The molecule has 2 aromatic carbocycles. The molecular weight excluding hydrogens is 453 g/mol. The number of anilines is 1. The summed E-state index contributed by atoms with van der Waals surface area (Å²) in [7, 11) is 2.64. The number of methoxy groups -OCH3 is 2. The Morgan fingerprint density at radius 2 is 1.82 bits per heavy atom. The van der Waals surface area contributed by atoms with Crippen molar-refractivity contribution in [1.82, 2.24) is 5.32 Å². The van der Waals surface area contributed by atoms with Crippen LogP contribution in [0.3, 0.4) is 0 Å². The number of hydrogen-bond acceptors (Lipinski definition) is 5. The molecule has 3 atom stereocenters. The molecule has 2 amide bonds. The number of aliphatic hydroxyl groups excluding tert-OH is 2. The van der Waals surface area contributed by atoms with Crippen LogP contribution >= 0.6 is 0 Å². The third-order valence-electron chi connectivity index (χ3n) is 5.85. The lowest BCUT2D eigenvalue weighted by Crippen LogP contribution is -2.40. The summed E-state index contributed by atoms with van der Waals surface area (Å²) in [5.74, 6) is 0.199. The number of ether oxygens (including phenoxy) is 2. The van der Waals surface area contributed by atoms with Gasteiger partial charge in [-0.25, -0.2) is 4.79 Å². The molecule has 3 rings (SSSR count). The molecule has 186 valence electrons. The Balaban J connectivity index is 1.90. The highest BCUT2D eigenvalue weighted by molar-refractivity contribution is 5.92. The van der Waals surface area contributed by atoms with Gasteiger partial charge in [-0.05, 0) is 41.2 Å². The van der Waals surface area contributed by atoms with Gasteiger partial charge < -0.3 is 30.3 Å². The Morgan fingerprint density at radius 3 is 2.38 bits per heavy atom. The number of benzene rings is 2. The first-order valence-corrected chi connectivity index (χ1v) is 10.7. The van der Waals surface area contributed by atoms with E-state index in [1.54, 1.807) is 32.9 Å². The largest absolute Gasteiger partial charge is 0.496 e. The molecule has 0 aromatic heterocycles. The van der Waals surface area contributed by atoms with Crippen LogP contribution in [0.15, 0.2) is 30.3 Å². The lowest BCUT2D eigenvalue weighted by molar-refractivity contribution is -0.207. The van der Waals surface area contributed by atoms with Crippen molar-refractivity contribution in [2.75, 3.05) is 19.5 Å². The number of rotatable bonds is 5. The van der Waals surface area contributed by atoms with Crippen molar-refractivity contribution >= 4 is 11.7 Å². The summed E-state index contributed by atoms with van der Waals surface area (Å²) in [6.45, 7) is 5.38. The molecule has 10 heteroatoms. The molecular formula is C24H29F3N2O5. The lowest BCUT2D eigenvalue weighted by Gasteiger charge is -2.26. The smallest absolute Gasteiger partial charge is 0.418 e. The zero-order valence-electron chi connectivity index (χ0n) is 19.6. The molecule has 0 spiro atoms. The molecule has 0 fully saturated rings. The molecule has 7 nitrogen and oxygen atoms in total. The predicted molar refractivity (Wildman–Crippen MR) is 120 cm³/mol. The SMILES string of the molecule is COc1cccc2c1C(O)C(NC(=O)Nc1cc(C(C)(C)C)cc(C(O)C(F)(F)F)c1OC)C2. The number of amides is 2. The van der Waals surface area contributed by atoms with E-state index in [1.807, 2.05) is 6.07 Å². The normalized spacial score (nSPS) is 18.8. The van der Waals surface area contributed by atoms with Crippen LogP contribution in [0.2, 0.25) is 0 Å². The number of alkyl halides is 3. The zero-order valence-corrected chi connectivity index (χ0v) is 19.6. The van der Waals surface area contributed by atoms with Gasteiger partial charge in [-0.2, -0.15) is 13.2 Å². The number of aliphatic hydroxyl groups is 2. The van der Waals surface area contributed by atoms with E-state index in [4.69, 9.17) is 9.47 Å². The van der Waals surface area contributed by atoms with E-state index in [0.29, 0.717) is 23.3 Å². The second-order valence-electron chi connectivity index (χ2n) is 9.23. The fourth-order valence-electron chi connectivity index (χ4n) is 4.07. The van der Waals surface area contributed by atoms with E-state index >= 15 is 0 Å². The zero-order chi connectivity index (χ0) is 25.4. The van der Waals surface area contributed by atoms with Crippen LogP contribution in [-0.2, 0) is 11.8 Å². The third kappa shape index (κ3) is 5.07. The molecule has 0 heterocycles. The van der Waals surface area contributed by atoms with E-state index in [0.717, 1.165) is 12.7 Å². The standard InChI is InChI=1S/C24H29F3N2O5/c1-23(2,3)13-10-14(21(31)24(25,26)27)20(34-5)16(11-13)29-22(32)28-15-9-12-7-6-8-17(33-4)18(12)19(15)30/h6-8,10-11,15,19,21,30-31H,9H2,1-5H3,(H2,28,29,32). The van der Waals surface area contributed by atoms with Crippen molar-refractivity contribution in [2.45, 2.75) is 57.0 Å². The fraction of sp³-hybridized carbons (Fsp3) is 0.458. The molecule has 4 N–H and O–H groups in total. The topological polar surface area (TPSA) is 100 Å². The van der Waals surface area contributed by atoms with Crippen LogP contribution < -0.4 is 20.1 Å². The molecule has 34 heavy (non-hydrogen) atoms. The highest BCUT2D eigenvalue weighted by Crippen LogP contribution is 2.43. The molecule has 0 saturated carbocycles. The van der Waals surface area contributed by atoms with Crippen molar-refractivity contribution in [3.63, 3.8) is 0 Å². The summed E-state index contributed by atoms with van der Waals surface area (Å²) < 4.78 is 50.5. The van der Waals surface area contributed by atoms with Crippen LogP contribution in [0.1, 0.15) is 55.2 Å². The van der Waals surface area contributed by atoms with E-state index in [2.05, 4.69) is 10.6 Å². The minimum atomic E-state index is -4.93. The summed E-state index contributed by atoms with van der Waals surface area (Å²) in [4.78, 5) is 12.8. The van der Waals surface area contributed by atoms with Crippen LogP contribution in [0.4, 0.5) is 23.7 Å². The first-order valence-electron chi connectivity index (χ1n) is 10.7. The first kappa shape index (κ1) is 25.6. The lowest BCUT2D eigenvalue weighted by atomic mass is 9.84. The van der Waals surface area contributed by atoms with Gasteiger partial charge in [0.2, 0.25) is 0 Å². The molecule has 0 radical (unpaired) electrons. The van der Waals surface area contributed by atoms with E-state index < -0.39 is 41.4 Å². The number of carbonyl (C=O) groups is 1. The quantitative estimate of drug-likeness (QED) is 0.507. The van der Waals surface area contributed by atoms with Gasteiger partial charge in [0.25, 0.3) is 0 Å². The number of carbonyl (C=O) groups excluding carboxylic acids is 1. The maximum absolute atomic E-state index is 13.3. The van der Waals surface area contributed by atoms with Crippen LogP contribution in [0, 0.1) is 0 Å². The van der Waals surface area contributed by atoms with Gasteiger partial charge in [0.1, 0.15) is 17.6 Å². The Labute approximate surface area is 195 Å². The summed E-state index contributed by atoms with van der Waals surface area (Å²) in [5.41, 5.74) is 0.737. The number of hydrogen-bond donors (Lipinski definition) is 4. The maximum Gasteiger partial charge on any atom is 0.418 e. The van der Waals surface area contributed by atoms with Crippen molar-refractivity contribution in [1.29, 1.82) is 0 Å². The Kier molecular flexibility index (Phi) is 7.05. The summed E-state index contributed by atoms with van der Waals surface area (Å²) in [6, 6.07) is 6.62. The average Bonchev–Trinajstić information content (AvgIpc) is 3.06. The Morgan fingerprint density at radius 1 is 1.15 bits per heavy atom. The predicted octanol–water partition coefficient (Wildman–Crippen LogP) is 4.38. The molecule has 2 aromatic rings. The van der Waals surface area contributed by atoms with Gasteiger partial charge in [-0.15, -0.1) is 0 Å². The van der Waals surface area contributed by atoms with E-state index in [1.165, 1.54) is 19.2 Å². The van der Waals surface area contributed by atoms with Crippen LogP contribution in [0.25, 0.3) is 0 Å². The Hall–Kier alpha value is -2.98. The highest BCUT2D eigenvalue weighted by Gasteiger charge is 2.42. The summed E-state index contributed by atoms with van der Waals surface area (Å²) in [5, 5.41) is 25.9. The van der Waals surface area contributed by atoms with Crippen LogP contribution in [0.5, 0.6) is 11.5 Å². The van der Waals surface area contributed by atoms with Crippen molar-refractivity contribution in [2.24, 2.45) is 0 Å². The molecule has 0 aliphatic heterocycles. The minimum absolute atomic E-state index is 0.0340. The second kappa shape index (κ2) is 9.34. The monoisotopic (exact) mass is 482 g/mol. The number of fused-ring (bicyclic) bond motifs is 1. The van der Waals surface area contributed by atoms with Gasteiger partial charge in [0.15, 0.2) is 6.10 Å². The van der Waals surface area contributed by atoms with Crippen LogP contribution in [-0.4, -0.2) is 42.7 Å². The summed E-state index contributed by atoms with van der Waals surface area (Å²) in [6.07, 6.45) is -8.41. The Bertz CT molecular complexity index is 1070. The number of nitrogens with one attached hydrogen (secondary N) is 2. The van der Waals surface area contributed by atoms with Crippen molar-refractivity contribution in [3.8, 4) is 11.5 Å². The first-order chi connectivity index (χ1) is 15.8. The molecule has 3 unspecified atom stereocenters. The van der Waals surface area contributed by atoms with E-state index in [-0.39, 0.29) is 11.4 Å². The second-order valence-corrected chi connectivity index (χ2v) is 9.23. The van der Waals surface area contributed by atoms with Gasteiger partial charge in [-0.1, -0.05) is 32.9 Å². The maximum atomic E-state index is 13.3. The summed E-state index contributed by atoms with van der Waals surface area (Å²) >= 11 is 0. The molecule has 1 aliphatic rings. The van der Waals surface area contributed by atoms with Crippen molar-refractivity contribution in [3.05, 3.63) is 52.6 Å². The number of halogens is 3. The highest BCUT2D eigenvalue weighted by atomic mass is 19.4.